The van der Waals surface area contributed by atoms with Gasteiger partial charge in [0.2, 0.25) is 0 Å². The van der Waals surface area contributed by atoms with Gasteiger partial charge in [0.15, 0.2) is 9.84 Å². The summed E-state index contributed by atoms with van der Waals surface area (Å²) in [4.78, 5) is 0.212. The lowest BCUT2D eigenvalue weighted by Crippen LogP contribution is -2.37. The zero-order valence-corrected chi connectivity index (χ0v) is 12.5. The second kappa shape index (κ2) is 5.42. The molecule has 1 aliphatic rings. The highest BCUT2D eigenvalue weighted by Gasteiger charge is 2.31. The van der Waals surface area contributed by atoms with Gasteiger partial charge in [0.1, 0.15) is 5.82 Å². The highest BCUT2D eigenvalue weighted by atomic mass is 32.2. The van der Waals surface area contributed by atoms with Gasteiger partial charge in [-0.05, 0) is 30.2 Å². The average Bonchev–Trinajstić information content (AvgIpc) is 2.37. The van der Waals surface area contributed by atoms with Gasteiger partial charge in [-0.2, -0.15) is 0 Å². The lowest BCUT2D eigenvalue weighted by molar-refractivity contribution is 0.152. The number of aliphatic hydroxyl groups excluding tert-OH is 1. The molecule has 4 nitrogen and oxygen atoms in total. The first-order valence-electron chi connectivity index (χ1n) is 6.62. The Labute approximate surface area is 118 Å². The predicted octanol–water partition coefficient (Wildman–Crippen LogP) is 1.65. The molecule has 0 radical (unpaired) electrons. The monoisotopic (exact) mass is 301 g/mol. The Morgan fingerprint density at radius 3 is 2.80 bits per heavy atom. The predicted molar refractivity (Wildman–Crippen MR) is 74.7 cm³/mol. The number of halogens is 1. The van der Waals surface area contributed by atoms with E-state index in [2.05, 4.69) is 5.32 Å². The normalized spacial score (nSPS) is 21.5. The average molecular weight is 301 g/mol. The maximum Gasteiger partial charge on any atom is 0.178 e. The van der Waals surface area contributed by atoms with E-state index < -0.39 is 15.7 Å². The molecule has 1 heterocycles. The van der Waals surface area contributed by atoms with E-state index in [1.807, 2.05) is 13.8 Å². The first-order chi connectivity index (χ1) is 9.25. The first-order valence-corrected chi connectivity index (χ1v) is 8.27. The molecule has 6 heteroatoms. The van der Waals surface area contributed by atoms with Crippen molar-refractivity contribution in [1.82, 2.24) is 5.32 Å². The van der Waals surface area contributed by atoms with Crippen LogP contribution in [0.4, 0.5) is 4.39 Å². The van der Waals surface area contributed by atoms with Crippen molar-refractivity contribution in [2.75, 3.05) is 18.9 Å². The number of aliphatic hydroxyl groups is 1. The molecule has 0 saturated heterocycles. The standard InChI is InChI=1S/C14H20FNO3S/c1-14(2,9-17)8-16-12-5-6-20(18,19)13-4-3-10(15)7-11(12)13/h3-4,7,12,16-17H,5-6,8-9H2,1-2H3. The molecule has 0 aromatic heterocycles. The van der Waals surface area contributed by atoms with Crippen LogP contribution in [0.2, 0.25) is 0 Å². The molecule has 1 aliphatic heterocycles. The number of hydrogen-bond donors (Lipinski definition) is 2. The van der Waals surface area contributed by atoms with Crippen LogP contribution >= 0.6 is 0 Å². The molecule has 0 saturated carbocycles. The summed E-state index contributed by atoms with van der Waals surface area (Å²) < 4.78 is 37.4. The van der Waals surface area contributed by atoms with E-state index in [1.54, 1.807) is 0 Å². The van der Waals surface area contributed by atoms with Crippen molar-refractivity contribution in [3.63, 3.8) is 0 Å². The van der Waals surface area contributed by atoms with Crippen LogP contribution in [0.5, 0.6) is 0 Å². The van der Waals surface area contributed by atoms with Crippen LogP contribution in [0.15, 0.2) is 23.1 Å². The lowest BCUT2D eigenvalue weighted by Gasteiger charge is -2.30. The van der Waals surface area contributed by atoms with Crippen molar-refractivity contribution < 1.29 is 17.9 Å². The Morgan fingerprint density at radius 1 is 1.45 bits per heavy atom. The molecule has 0 fully saturated rings. The maximum atomic E-state index is 13.4. The number of nitrogens with one attached hydrogen (secondary N) is 1. The molecule has 0 amide bonds. The third kappa shape index (κ3) is 3.19. The van der Waals surface area contributed by atoms with Crippen LogP contribution in [-0.4, -0.2) is 32.4 Å². The Balaban J connectivity index is 2.28. The van der Waals surface area contributed by atoms with Gasteiger partial charge in [-0.3, -0.25) is 0 Å². The van der Waals surface area contributed by atoms with Crippen LogP contribution in [-0.2, 0) is 9.84 Å². The summed E-state index contributed by atoms with van der Waals surface area (Å²) in [6.45, 7) is 4.38. The second-order valence-electron chi connectivity index (χ2n) is 6.05. The van der Waals surface area contributed by atoms with Crippen LogP contribution in [0.3, 0.4) is 0 Å². The smallest absolute Gasteiger partial charge is 0.178 e. The quantitative estimate of drug-likeness (QED) is 0.830. The van der Waals surface area contributed by atoms with Crippen LogP contribution < -0.4 is 5.32 Å². The van der Waals surface area contributed by atoms with Gasteiger partial charge < -0.3 is 10.4 Å². The number of rotatable bonds is 4. The summed E-state index contributed by atoms with van der Waals surface area (Å²) in [6, 6.07) is 3.60. The van der Waals surface area contributed by atoms with E-state index in [0.717, 1.165) is 0 Å². The van der Waals surface area contributed by atoms with Crippen molar-refractivity contribution in [2.45, 2.75) is 31.2 Å². The van der Waals surface area contributed by atoms with Gasteiger partial charge in [-0.1, -0.05) is 13.8 Å². The maximum absolute atomic E-state index is 13.4. The number of fused-ring (bicyclic) bond motifs is 1. The fourth-order valence-electron chi connectivity index (χ4n) is 2.28. The summed E-state index contributed by atoms with van der Waals surface area (Å²) in [5, 5.41) is 12.5. The highest BCUT2D eigenvalue weighted by Crippen LogP contribution is 2.33. The highest BCUT2D eigenvalue weighted by molar-refractivity contribution is 7.91. The summed E-state index contributed by atoms with van der Waals surface area (Å²) in [7, 11) is -3.31. The largest absolute Gasteiger partial charge is 0.396 e. The van der Waals surface area contributed by atoms with E-state index in [-0.39, 0.29) is 28.7 Å². The first kappa shape index (κ1) is 15.4. The number of sulfone groups is 1. The molecule has 1 unspecified atom stereocenters. The summed E-state index contributed by atoms with van der Waals surface area (Å²) in [5.74, 6) is -0.378. The van der Waals surface area contributed by atoms with Crippen LogP contribution in [0, 0.1) is 11.2 Å². The zero-order valence-electron chi connectivity index (χ0n) is 11.7. The molecule has 0 aliphatic carbocycles. The zero-order chi connectivity index (χ0) is 15.0. The fraction of sp³-hybridized carbons (Fsp3) is 0.571. The van der Waals surface area contributed by atoms with Crippen molar-refractivity contribution in [3.8, 4) is 0 Å². The Morgan fingerprint density at radius 2 is 2.15 bits per heavy atom. The molecule has 20 heavy (non-hydrogen) atoms. The van der Waals surface area contributed by atoms with Crippen molar-refractivity contribution in [3.05, 3.63) is 29.6 Å². The third-order valence-corrected chi connectivity index (χ3v) is 5.43. The number of benzene rings is 1. The molecular weight excluding hydrogens is 281 g/mol. The van der Waals surface area contributed by atoms with E-state index in [1.165, 1.54) is 18.2 Å². The Bertz CT molecular complexity index is 598. The van der Waals surface area contributed by atoms with E-state index >= 15 is 0 Å². The minimum atomic E-state index is -3.31. The van der Waals surface area contributed by atoms with Crippen molar-refractivity contribution >= 4 is 9.84 Å². The van der Waals surface area contributed by atoms with Crippen LogP contribution in [0.1, 0.15) is 31.9 Å². The summed E-state index contributed by atoms with van der Waals surface area (Å²) in [6.07, 6.45) is 0.417. The minimum Gasteiger partial charge on any atom is -0.396 e. The molecule has 0 spiro atoms. The van der Waals surface area contributed by atoms with Crippen molar-refractivity contribution in [1.29, 1.82) is 0 Å². The van der Waals surface area contributed by atoms with Gasteiger partial charge in [0, 0.05) is 24.6 Å². The molecule has 0 bridgehead atoms. The van der Waals surface area contributed by atoms with E-state index in [9.17, 15) is 17.9 Å². The molecule has 1 aromatic rings. The van der Waals surface area contributed by atoms with Gasteiger partial charge in [0.25, 0.3) is 0 Å². The van der Waals surface area contributed by atoms with Gasteiger partial charge in [-0.15, -0.1) is 0 Å². The molecular formula is C14H20FNO3S. The lowest BCUT2D eigenvalue weighted by atomic mass is 9.93. The number of hydrogen-bond acceptors (Lipinski definition) is 4. The minimum absolute atomic E-state index is 0.0288. The molecule has 112 valence electrons. The fourth-order valence-corrected chi connectivity index (χ4v) is 3.88. The Kier molecular flexibility index (Phi) is 4.18. The summed E-state index contributed by atoms with van der Waals surface area (Å²) in [5.41, 5.74) is 0.189. The second-order valence-corrected chi connectivity index (χ2v) is 8.12. The van der Waals surface area contributed by atoms with Gasteiger partial charge in [-0.25, -0.2) is 12.8 Å². The van der Waals surface area contributed by atoms with Gasteiger partial charge >= 0.3 is 0 Å². The SMILES string of the molecule is CC(C)(CO)CNC1CCS(=O)(=O)c2ccc(F)cc21. The van der Waals surface area contributed by atoms with Gasteiger partial charge in [0.05, 0.1) is 10.6 Å². The van der Waals surface area contributed by atoms with Crippen LogP contribution in [0.25, 0.3) is 0 Å². The molecule has 1 aromatic carbocycles. The van der Waals surface area contributed by atoms with Crippen molar-refractivity contribution in [2.24, 2.45) is 5.41 Å². The molecule has 2 rings (SSSR count). The molecule has 2 N–H and O–H groups in total. The summed E-state index contributed by atoms with van der Waals surface area (Å²) >= 11 is 0. The Hall–Kier alpha value is -0.980. The van der Waals surface area contributed by atoms with E-state index in [4.69, 9.17) is 0 Å². The third-order valence-electron chi connectivity index (χ3n) is 3.61. The topological polar surface area (TPSA) is 66.4 Å². The van der Waals surface area contributed by atoms with E-state index in [0.29, 0.717) is 18.5 Å². The molecule has 1 atom stereocenters.